The van der Waals surface area contributed by atoms with E-state index in [-0.39, 0.29) is 0 Å². The van der Waals surface area contributed by atoms with Crippen molar-refractivity contribution in [3.05, 3.63) is 255 Å². The molecule has 0 N–H and O–H groups in total. The molecule has 0 amide bonds. The number of benzene rings is 11. The molecule has 13 rings (SSSR count). The number of anilines is 3. The molecule has 3 nitrogen and oxygen atoms in total. The Labute approximate surface area is 388 Å². The van der Waals surface area contributed by atoms with Gasteiger partial charge in [-0.05, 0) is 158 Å². The van der Waals surface area contributed by atoms with Crippen molar-refractivity contribution >= 4 is 71.6 Å². The Balaban J connectivity index is 0.962. The van der Waals surface area contributed by atoms with Crippen molar-refractivity contribution in [2.24, 2.45) is 0 Å². The molecule has 0 unspecified atom stereocenters. The number of hydrogen-bond acceptors (Lipinski definition) is 2. The van der Waals surface area contributed by atoms with Gasteiger partial charge in [-0.1, -0.05) is 152 Å². The van der Waals surface area contributed by atoms with E-state index in [9.17, 15) is 0 Å². The lowest BCUT2D eigenvalue weighted by atomic mass is 9.88. The monoisotopic (exact) mass is 854 g/mol. The molecule has 2 aromatic heterocycles. The molecule has 0 bridgehead atoms. The Bertz CT molecular complexity index is 3920. The van der Waals surface area contributed by atoms with Crippen LogP contribution in [0, 0.1) is 0 Å². The van der Waals surface area contributed by atoms with E-state index < -0.39 is 0 Å². The average Bonchev–Trinajstić information content (AvgIpc) is 3.94. The van der Waals surface area contributed by atoms with Crippen molar-refractivity contribution in [2.45, 2.75) is 0 Å². The van der Waals surface area contributed by atoms with Gasteiger partial charge in [-0.25, -0.2) is 0 Å². The Morgan fingerprint density at radius 1 is 0.269 bits per heavy atom. The van der Waals surface area contributed by atoms with Gasteiger partial charge in [-0.15, -0.1) is 0 Å². The Hall–Kier alpha value is -8.92. The fourth-order valence-corrected chi connectivity index (χ4v) is 10.2. The summed E-state index contributed by atoms with van der Waals surface area (Å²) in [5, 5.41) is 7.13. The molecule has 0 radical (unpaired) electrons. The average molecular weight is 855 g/mol. The third-order valence-electron chi connectivity index (χ3n) is 13.4. The molecule has 0 atom stereocenters. The number of furan rings is 1. The van der Waals surface area contributed by atoms with Crippen molar-refractivity contribution in [2.75, 3.05) is 4.90 Å². The van der Waals surface area contributed by atoms with Crippen LogP contribution in [0.5, 0.6) is 0 Å². The lowest BCUT2D eigenvalue weighted by Gasteiger charge is -2.25. The van der Waals surface area contributed by atoms with Gasteiger partial charge in [0.25, 0.3) is 0 Å². The topological polar surface area (TPSA) is 21.3 Å². The largest absolute Gasteiger partial charge is 0.456 e. The maximum atomic E-state index is 6.45. The van der Waals surface area contributed by atoms with Crippen LogP contribution in [0.15, 0.2) is 259 Å². The fraction of sp³-hybridized carbons (Fsp3) is 0. The first-order valence-electron chi connectivity index (χ1n) is 22.9. The van der Waals surface area contributed by atoms with Crippen LogP contribution in [0.3, 0.4) is 0 Å². The first-order valence-corrected chi connectivity index (χ1v) is 22.9. The van der Waals surface area contributed by atoms with Crippen LogP contribution in [-0.2, 0) is 0 Å². The van der Waals surface area contributed by atoms with E-state index in [1.807, 2.05) is 12.1 Å². The maximum absolute atomic E-state index is 6.45. The van der Waals surface area contributed by atoms with Crippen molar-refractivity contribution in [3.63, 3.8) is 0 Å². The zero-order valence-electron chi connectivity index (χ0n) is 36.6. The lowest BCUT2D eigenvalue weighted by molar-refractivity contribution is 0.669. The minimum absolute atomic E-state index is 0.886. The Kier molecular flexibility index (Phi) is 9.17. The number of aromatic nitrogens is 1. The standard InChI is InChI=1S/C64H42N2O/c1-4-16-49(17-5-1)65(50-18-6-2-7-19-50)52-32-28-43(29-33-52)53-35-36-54(56-23-11-10-22-55(53)56)48-39-46(38-47(40-48)45-30-34-59-58-25-13-15-27-63(58)67-64(59)42-45)44-31-37-62-60(41-44)57-24-12-14-26-61(57)66(62)51-20-8-3-9-21-51/h1-42H. The molecule has 0 saturated carbocycles. The number of nitrogens with zero attached hydrogens (tertiary/aromatic N) is 2. The third-order valence-corrected chi connectivity index (χ3v) is 13.4. The van der Waals surface area contributed by atoms with E-state index in [0.29, 0.717) is 0 Å². The molecule has 67 heavy (non-hydrogen) atoms. The van der Waals surface area contributed by atoms with Crippen molar-refractivity contribution in [3.8, 4) is 50.2 Å². The van der Waals surface area contributed by atoms with Gasteiger partial charge in [0.2, 0.25) is 0 Å². The number of hydrogen-bond donors (Lipinski definition) is 0. The van der Waals surface area contributed by atoms with E-state index >= 15 is 0 Å². The van der Waals surface area contributed by atoms with Crippen LogP contribution in [0.2, 0.25) is 0 Å². The quantitative estimate of drug-likeness (QED) is 0.152. The fourth-order valence-electron chi connectivity index (χ4n) is 10.2. The Morgan fingerprint density at radius 3 is 1.43 bits per heavy atom. The van der Waals surface area contributed by atoms with Crippen LogP contribution in [0.4, 0.5) is 17.1 Å². The highest BCUT2D eigenvalue weighted by molar-refractivity contribution is 6.11. The number of para-hydroxylation sites is 5. The van der Waals surface area contributed by atoms with E-state index in [1.165, 1.54) is 49.3 Å². The van der Waals surface area contributed by atoms with E-state index in [4.69, 9.17) is 4.42 Å². The second-order valence-corrected chi connectivity index (χ2v) is 17.3. The van der Waals surface area contributed by atoms with Crippen LogP contribution in [-0.4, -0.2) is 4.57 Å². The first-order chi connectivity index (χ1) is 33.2. The SMILES string of the molecule is c1ccc(N(c2ccccc2)c2ccc(-c3ccc(-c4cc(-c5ccc6c(c5)oc5ccccc56)cc(-c5ccc6c(c5)c5ccccc5n6-c5ccccc5)c4)c4ccccc34)cc2)cc1. The van der Waals surface area contributed by atoms with Crippen molar-refractivity contribution < 1.29 is 4.42 Å². The van der Waals surface area contributed by atoms with Gasteiger partial charge in [-0.3, -0.25) is 0 Å². The summed E-state index contributed by atoms with van der Waals surface area (Å²) in [7, 11) is 0. The van der Waals surface area contributed by atoms with Gasteiger partial charge in [0.1, 0.15) is 11.2 Å². The van der Waals surface area contributed by atoms with Crippen LogP contribution >= 0.6 is 0 Å². The second-order valence-electron chi connectivity index (χ2n) is 17.3. The molecule has 314 valence electrons. The molecule has 11 aromatic carbocycles. The summed E-state index contributed by atoms with van der Waals surface area (Å²) in [4.78, 5) is 2.31. The summed E-state index contributed by atoms with van der Waals surface area (Å²) in [6.07, 6.45) is 0. The van der Waals surface area contributed by atoms with E-state index in [2.05, 4.69) is 252 Å². The molecular formula is C64H42N2O. The maximum Gasteiger partial charge on any atom is 0.136 e. The molecule has 0 aliphatic rings. The summed E-state index contributed by atoms with van der Waals surface area (Å²) >= 11 is 0. The minimum Gasteiger partial charge on any atom is -0.456 e. The number of rotatable bonds is 8. The van der Waals surface area contributed by atoms with Gasteiger partial charge in [0, 0.05) is 44.3 Å². The van der Waals surface area contributed by atoms with Crippen LogP contribution in [0.25, 0.3) is 105 Å². The van der Waals surface area contributed by atoms with Crippen LogP contribution in [0.1, 0.15) is 0 Å². The Morgan fingerprint density at radius 2 is 0.746 bits per heavy atom. The van der Waals surface area contributed by atoms with Gasteiger partial charge in [0.15, 0.2) is 0 Å². The second kappa shape index (κ2) is 16.0. The highest BCUT2D eigenvalue weighted by atomic mass is 16.3. The molecule has 0 spiro atoms. The smallest absolute Gasteiger partial charge is 0.136 e. The van der Waals surface area contributed by atoms with Gasteiger partial charge in [0.05, 0.1) is 11.0 Å². The molecule has 3 heteroatoms. The zero-order chi connectivity index (χ0) is 44.3. The van der Waals surface area contributed by atoms with Gasteiger partial charge >= 0.3 is 0 Å². The van der Waals surface area contributed by atoms with E-state index in [0.717, 1.165) is 72.5 Å². The molecular weight excluding hydrogens is 813 g/mol. The van der Waals surface area contributed by atoms with Crippen LogP contribution < -0.4 is 4.90 Å². The molecule has 0 fully saturated rings. The molecule has 0 aliphatic heterocycles. The highest BCUT2D eigenvalue weighted by Gasteiger charge is 2.18. The molecule has 13 aromatic rings. The van der Waals surface area contributed by atoms with Crippen molar-refractivity contribution in [1.82, 2.24) is 4.57 Å². The molecule has 0 saturated heterocycles. The summed E-state index contributed by atoms with van der Waals surface area (Å²) in [5.74, 6) is 0. The summed E-state index contributed by atoms with van der Waals surface area (Å²) in [6.45, 7) is 0. The first kappa shape index (κ1) is 38.5. The van der Waals surface area contributed by atoms with Gasteiger partial charge in [-0.2, -0.15) is 0 Å². The highest BCUT2D eigenvalue weighted by Crippen LogP contribution is 2.43. The summed E-state index contributed by atoms with van der Waals surface area (Å²) < 4.78 is 8.82. The predicted octanol–water partition coefficient (Wildman–Crippen LogP) is 18.0. The normalized spacial score (nSPS) is 11.6. The molecule has 2 heterocycles. The minimum atomic E-state index is 0.886. The number of fused-ring (bicyclic) bond motifs is 7. The van der Waals surface area contributed by atoms with Gasteiger partial charge < -0.3 is 13.9 Å². The summed E-state index contributed by atoms with van der Waals surface area (Å²) in [5.41, 5.74) is 17.9. The van der Waals surface area contributed by atoms with E-state index in [1.54, 1.807) is 0 Å². The molecule has 0 aliphatic carbocycles. The predicted molar refractivity (Wildman–Crippen MR) is 282 cm³/mol. The lowest BCUT2D eigenvalue weighted by Crippen LogP contribution is -2.09. The zero-order valence-corrected chi connectivity index (χ0v) is 36.6. The van der Waals surface area contributed by atoms with Crippen molar-refractivity contribution in [1.29, 1.82) is 0 Å². The summed E-state index contributed by atoms with van der Waals surface area (Å²) in [6, 6.07) is 92.0. The third kappa shape index (κ3) is 6.67.